The highest BCUT2D eigenvalue weighted by atomic mass is 16.5. The highest BCUT2D eigenvalue weighted by Gasteiger charge is 2.34. The summed E-state index contributed by atoms with van der Waals surface area (Å²) < 4.78 is 5.19. The van der Waals surface area contributed by atoms with Crippen LogP contribution >= 0.6 is 0 Å². The van der Waals surface area contributed by atoms with E-state index in [1.165, 1.54) is 5.56 Å². The molecular weight excluding hydrogens is 316 g/mol. The van der Waals surface area contributed by atoms with Crippen LogP contribution in [-0.4, -0.2) is 22.7 Å². The van der Waals surface area contributed by atoms with Crippen molar-refractivity contribution in [2.75, 3.05) is 6.54 Å². The zero-order chi connectivity index (χ0) is 18.0. The van der Waals surface area contributed by atoms with Crippen LogP contribution in [0.4, 0.5) is 0 Å². The second kappa shape index (κ2) is 7.00. The maximum Gasteiger partial charge on any atom is 0.220 e. The van der Waals surface area contributed by atoms with E-state index in [2.05, 4.69) is 16.5 Å². The average Bonchev–Trinajstić information content (AvgIpc) is 2.92. The third-order valence-corrected chi connectivity index (χ3v) is 5.21. The van der Waals surface area contributed by atoms with Crippen molar-refractivity contribution in [3.63, 3.8) is 0 Å². The molecule has 1 aromatic carbocycles. The van der Waals surface area contributed by atoms with Gasteiger partial charge in [-0.3, -0.25) is 4.79 Å². The number of hydrogen-bond donors (Lipinski definition) is 2. The molecule has 25 heavy (non-hydrogen) atoms. The standard InChI is InChI=1S/C20H26N2O3/c1-13(19-14(2)22-25-15(19)3)11-18(23)21-12-20(24)10-6-8-16-7-4-5-9-17(16)20/h4-5,7,9,13,24H,6,8,10-12H2,1-3H3,(H,21,23). The Morgan fingerprint density at radius 1 is 1.40 bits per heavy atom. The van der Waals surface area contributed by atoms with Crippen LogP contribution in [0, 0.1) is 13.8 Å². The van der Waals surface area contributed by atoms with Crippen molar-refractivity contribution in [3.05, 3.63) is 52.4 Å². The van der Waals surface area contributed by atoms with Gasteiger partial charge in [0, 0.05) is 12.0 Å². The predicted molar refractivity (Wildman–Crippen MR) is 95.3 cm³/mol. The van der Waals surface area contributed by atoms with Crippen molar-refractivity contribution < 1.29 is 14.4 Å². The molecule has 2 unspecified atom stereocenters. The molecule has 0 saturated heterocycles. The molecule has 2 N–H and O–H groups in total. The van der Waals surface area contributed by atoms with Gasteiger partial charge < -0.3 is 14.9 Å². The van der Waals surface area contributed by atoms with Gasteiger partial charge in [-0.15, -0.1) is 0 Å². The zero-order valence-electron chi connectivity index (χ0n) is 15.1. The van der Waals surface area contributed by atoms with Crippen LogP contribution in [0.5, 0.6) is 0 Å². The van der Waals surface area contributed by atoms with Gasteiger partial charge in [-0.1, -0.05) is 36.3 Å². The highest BCUT2D eigenvalue weighted by Crippen LogP contribution is 2.34. The lowest BCUT2D eigenvalue weighted by atomic mass is 9.79. The SMILES string of the molecule is Cc1noc(C)c1C(C)CC(=O)NCC1(O)CCCc2ccccc21. The molecule has 3 rings (SSSR count). The lowest BCUT2D eigenvalue weighted by Gasteiger charge is -2.34. The predicted octanol–water partition coefficient (Wildman–Crippen LogP) is 3.13. The Kier molecular flexibility index (Phi) is 4.95. The number of aliphatic hydroxyl groups is 1. The van der Waals surface area contributed by atoms with Gasteiger partial charge in [-0.05, 0) is 50.2 Å². The van der Waals surface area contributed by atoms with Crippen LogP contribution in [-0.2, 0) is 16.8 Å². The van der Waals surface area contributed by atoms with Crippen molar-refractivity contribution >= 4 is 5.91 Å². The van der Waals surface area contributed by atoms with Gasteiger partial charge in [0.25, 0.3) is 0 Å². The molecule has 0 bridgehead atoms. The molecule has 2 atom stereocenters. The second-order valence-electron chi connectivity index (χ2n) is 7.16. The van der Waals surface area contributed by atoms with Crippen LogP contribution in [0.1, 0.15) is 60.2 Å². The van der Waals surface area contributed by atoms with Gasteiger partial charge in [0.05, 0.1) is 12.2 Å². The summed E-state index contributed by atoms with van der Waals surface area (Å²) >= 11 is 0. The molecule has 2 aromatic rings. The van der Waals surface area contributed by atoms with Gasteiger partial charge in [0.15, 0.2) is 0 Å². The summed E-state index contributed by atoms with van der Waals surface area (Å²) in [6.07, 6.45) is 2.93. The van der Waals surface area contributed by atoms with E-state index >= 15 is 0 Å². The Morgan fingerprint density at radius 3 is 2.88 bits per heavy atom. The first-order valence-electron chi connectivity index (χ1n) is 8.91. The molecule has 1 amide bonds. The third kappa shape index (κ3) is 3.61. The second-order valence-corrected chi connectivity index (χ2v) is 7.16. The summed E-state index contributed by atoms with van der Waals surface area (Å²) in [7, 11) is 0. The number of nitrogens with one attached hydrogen (secondary N) is 1. The van der Waals surface area contributed by atoms with E-state index in [9.17, 15) is 9.90 Å². The first-order chi connectivity index (χ1) is 11.9. The fourth-order valence-corrected chi connectivity index (χ4v) is 3.97. The molecule has 0 radical (unpaired) electrons. The Morgan fingerprint density at radius 2 is 2.16 bits per heavy atom. The lowest BCUT2D eigenvalue weighted by molar-refractivity contribution is -0.123. The van der Waals surface area contributed by atoms with Crippen LogP contribution < -0.4 is 5.32 Å². The molecule has 0 spiro atoms. The molecule has 1 aliphatic carbocycles. The molecule has 134 valence electrons. The number of benzene rings is 1. The Balaban J connectivity index is 1.63. The van der Waals surface area contributed by atoms with E-state index in [1.54, 1.807) is 0 Å². The summed E-state index contributed by atoms with van der Waals surface area (Å²) in [5.41, 5.74) is 2.97. The van der Waals surface area contributed by atoms with E-state index < -0.39 is 5.60 Å². The summed E-state index contributed by atoms with van der Waals surface area (Å²) in [4.78, 5) is 12.4. The minimum absolute atomic E-state index is 0.0273. The number of carbonyl (C=O) groups is 1. The number of aromatic nitrogens is 1. The van der Waals surface area contributed by atoms with Crippen LogP contribution in [0.25, 0.3) is 0 Å². The Labute approximate surface area is 148 Å². The maximum absolute atomic E-state index is 12.4. The number of carbonyl (C=O) groups excluding carboxylic acids is 1. The number of amides is 1. The molecule has 0 aliphatic heterocycles. The fourth-order valence-electron chi connectivity index (χ4n) is 3.97. The lowest BCUT2D eigenvalue weighted by Crippen LogP contribution is -2.43. The number of hydrogen-bond acceptors (Lipinski definition) is 4. The minimum atomic E-state index is -0.975. The normalized spacial score (nSPS) is 20.8. The Hall–Kier alpha value is -2.14. The van der Waals surface area contributed by atoms with E-state index in [-0.39, 0.29) is 18.4 Å². The molecular formula is C20H26N2O3. The van der Waals surface area contributed by atoms with Crippen molar-refractivity contribution in [1.82, 2.24) is 10.5 Å². The fraction of sp³-hybridized carbons (Fsp3) is 0.500. The van der Waals surface area contributed by atoms with Crippen LogP contribution in [0.15, 0.2) is 28.8 Å². The molecule has 1 aliphatic rings. The molecule has 5 heteroatoms. The summed E-state index contributed by atoms with van der Waals surface area (Å²) in [5, 5.41) is 17.9. The van der Waals surface area contributed by atoms with E-state index in [1.807, 2.05) is 39.0 Å². The number of rotatable bonds is 5. The van der Waals surface area contributed by atoms with Crippen molar-refractivity contribution in [2.24, 2.45) is 0 Å². The van der Waals surface area contributed by atoms with Crippen molar-refractivity contribution in [1.29, 1.82) is 0 Å². The van der Waals surface area contributed by atoms with Gasteiger partial charge >= 0.3 is 0 Å². The van der Waals surface area contributed by atoms with E-state index in [0.29, 0.717) is 12.8 Å². The largest absolute Gasteiger partial charge is 0.383 e. The van der Waals surface area contributed by atoms with Gasteiger partial charge in [-0.25, -0.2) is 0 Å². The molecule has 0 fully saturated rings. The topological polar surface area (TPSA) is 75.4 Å². The molecule has 5 nitrogen and oxygen atoms in total. The quantitative estimate of drug-likeness (QED) is 0.875. The van der Waals surface area contributed by atoms with Crippen molar-refractivity contribution in [2.45, 2.75) is 58.0 Å². The van der Waals surface area contributed by atoms with Gasteiger partial charge in [-0.2, -0.15) is 0 Å². The number of fused-ring (bicyclic) bond motifs is 1. The zero-order valence-corrected chi connectivity index (χ0v) is 15.1. The van der Waals surface area contributed by atoms with E-state index in [0.717, 1.165) is 35.4 Å². The Bertz CT molecular complexity index is 749. The smallest absolute Gasteiger partial charge is 0.220 e. The first-order valence-corrected chi connectivity index (χ1v) is 8.91. The highest BCUT2D eigenvalue weighted by molar-refractivity contribution is 5.77. The molecule has 0 saturated carbocycles. The summed E-state index contributed by atoms with van der Waals surface area (Å²) in [6.45, 7) is 6.00. The van der Waals surface area contributed by atoms with Gasteiger partial charge in [0.1, 0.15) is 11.4 Å². The molecule has 1 aromatic heterocycles. The van der Waals surface area contributed by atoms with Crippen molar-refractivity contribution in [3.8, 4) is 0 Å². The van der Waals surface area contributed by atoms with E-state index in [4.69, 9.17) is 4.52 Å². The van der Waals surface area contributed by atoms with Crippen LogP contribution in [0.2, 0.25) is 0 Å². The monoisotopic (exact) mass is 342 g/mol. The minimum Gasteiger partial charge on any atom is -0.383 e. The summed E-state index contributed by atoms with van der Waals surface area (Å²) in [5.74, 6) is 0.723. The number of nitrogens with zero attached hydrogens (tertiary/aromatic N) is 1. The van der Waals surface area contributed by atoms with Crippen LogP contribution in [0.3, 0.4) is 0 Å². The number of aryl methyl sites for hydroxylation is 3. The first kappa shape index (κ1) is 17.7. The maximum atomic E-state index is 12.4. The molecule has 1 heterocycles. The van der Waals surface area contributed by atoms with Gasteiger partial charge in [0.2, 0.25) is 5.91 Å². The third-order valence-electron chi connectivity index (χ3n) is 5.21. The summed E-state index contributed by atoms with van der Waals surface area (Å²) in [6, 6.07) is 7.96. The average molecular weight is 342 g/mol.